The molecular formula is C20H19FN6O3. The highest BCUT2D eigenvalue weighted by Gasteiger charge is 2.27. The van der Waals surface area contributed by atoms with Gasteiger partial charge < -0.3 is 10.1 Å². The van der Waals surface area contributed by atoms with Crippen LogP contribution in [0.3, 0.4) is 0 Å². The highest BCUT2D eigenvalue weighted by Crippen LogP contribution is 2.28. The molecule has 0 aliphatic heterocycles. The number of fused-ring (bicyclic) bond motifs is 1. The van der Waals surface area contributed by atoms with Crippen LogP contribution < -0.4 is 11.2 Å². The predicted octanol–water partition coefficient (Wildman–Crippen LogP) is 1.55. The Morgan fingerprint density at radius 3 is 2.87 bits per heavy atom. The second-order valence-electron chi connectivity index (χ2n) is 7.59. The summed E-state index contributed by atoms with van der Waals surface area (Å²) in [7, 11) is 0. The van der Waals surface area contributed by atoms with Crippen LogP contribution in [0.5, 0.6) is 0 Å². The number of rotatable bonds is 4. The van der Waals surface area contributed by atoms with Gasteiger partial charge in [0.15, 0.2) is 5.65 Å². The third-order valence-electron chi connectivity index (χ3n) is 5.46. The fourth-order valence-corrected chi connectivity index (χ4v) is 4.02. The number of H-pyrrole nitrogens is 2. The van der Waals surface area contributed by atoms with Crippen molar-refractivity contribution in [2.45, 2.75) is 38.0 Å². The Kier molecular flexibility index (Phi) is 4.35. The van der Waals surface area contributed by atoms with Crippen LogP contribution in [-0.2, 0) is 6.54 Å². The van der Waals surface area contributed by atoms with Crippen LogP contribution in [0.4, 0.5) is 4.39 Å². The molecule has 3 aromatic heterocycles. The summed E-state index contributed by atoms with van der Waals surface area (Å²) in [4.78, 5) is 35.3. The minimum Gasteiger partial charge on any atom is -0.393 e. The van der Waals surface area contributed by atoms with Crippen LogP contribution in [0, 0.1) is 5.82 Å². The van der Waals surface area contributed by atoms with Crippen molar-refractivity contribution in [1.29, 1.82) is 0 Å². The van der Waals surface area contributed by atoms with Gasteiger partial charge in [0.2, 0.25) is 0 Å². The molecule has 1 fully saturated rings. The van der Waals surface area contributed by atoms with Gasteiger partial charge in [-0.05, 0) is 37.0 Å². The molecule has 0 radical (unpaired) electrons. The predicted molar refractivity (Wildman–Crippen MR) is 107 cm³/mol. The largest absolute Gasteiger partial charge is 0.393 e. The molecule has 5 rings (SSSR count). The Bertz CT molecular complexity index is 1350. The van der Waals surface area contributed by atoms with Gasteiger partial charge in [-0.25, -0.2) is 14.2 Å². The van der Waals surface area contributed by atoms with Crippen LogP contribution in [-0.4, -0.2) is 40.5 Å². The fraction of sp³-hybridized carbons (Fsp3) is 0.300. The molecule has 0 amide bonds. The van der Waals surface area contributed by atoms with Crippen molar-refractivity contribution in [3.05, 3.63) is 68.9 Å². The smallest absolute Gasteiger partial charge is 0.330 e. The Morgan fingerprint density at radius 2 is 2.10 bits per heavy atom. The summed E-state index contributed by atoms with van der Waals surface area (Å²) in [5.41, 5.74) is 0.771. The van der Waals surface area contributed by atoms with Gasteiger partial charge in [0, 0.05) is 12.2 Å². The van der Waals surface area contributed by atoms with E-state index in [9.17, 15) is 19.1 Å². The zero-order valence-corrected chi connectivity index (χ0v) is 15.9. The zero-order valence-electron chi connectivity index (χ0n) is 15.9. The molecule has 10 heteroatoms. The molecule has 0 spiro atoms. The first-order valence-corrected chi connectivity index (χ1v) is 9.68. The van der Waals surface area contributed by atoms with Gasteiger partial charge in [-0.1, -0.05) is 12.1 Å². The summed E-state index contributed by atoms with van der Waals surface area (Å²) in [5.74, 6) is 0.0830. The van der Waals surface area contributed by atoms with E-state index in [1.165, 1.54) is 12.1 Å². The van der Waals surface area contributed by atoms with Gasteiger partial charge in [0.1, 0.15) is 17.2 Å². The van der Waals surface area contributed by atoms with Crippen molar-refractivity contribution in [3.8, 4) is 11.4 Å². The summed E-state index contributed by atoms with van der Waals surface area (Å²) in [6.45, 7) is 0.381. The van der Waals surface area contributed by atoms with E-state index >= 15 is 0 Å². The Hall–Kier alpha value is -3.53. The third kappa shape index (κ3) is 3.24. The van der Waals surface area contributed by atoms with Crippen molar-refractivity contribution in [3.63, 3.8) is 0 Å². The number of hydrogen-bond acceptors (Lipinski definition) is 5. The molecule has 0 saturated heterocycles. The molecule has 2 atom stereocenters. The minimum absolute atomic E-state index is 0.174. The Labute approximate surface area is 168 Å². The second kappa shape index (κ2) is 7.06. The lowest BCUT2D eigenvalue weighted by Crippen LogP contribution is -2.37. The van der Waals surface area contributed by atoms with Crippen LogP contribution in [0.15, 0.2) is 46.2 Å². The van der Waals surface area contributed by atoms with E-state index in [2.05, 4.69) is 20.1 Å². The molecule has 9 nitrogen and oxygen atoms in total. The molecule has 1 aromatic carbocycles. The monoisotopic (exact) mass is 410 g/mol. The van der Waals surface area contributed by atoms with Gasteiger partial charge in [-0.2, -0.15) is 5.10 Å². The minimum atomic E-state index is -0.536. The van der Waals surface area contributed by atoms with Crippen LogP contribution in [0.25, 0.3) is 22.6 Å². The highest BCUT2D eigenvalue weighted by atomic mass is 19.1. The van der Waals surface area contributed by atoms with E-state index in [1.807, 2.05) is 0 Å². The number of imidazole rings is 1. The van der Waals surface area contributed by atoms with Crippen molar-refractivity contribution < 1.29 is 9.50 Å². The van der Waals surface area contributed by atoms with Gasteiger partial charge in [-0.3, -0.25) is 19.0 Å². The SMILES string of the molecule is O=c1[nH]c2nc(-c3cnn(Cc4cccc(F)c4)c3)[nH]c2c(=O)n1C1CCC(O)C1. The molecule has 2 unspecified atom stereocenters. The molecular weight excluding hydrogens is 391 g/mol. The van der Waals surface area contributed by atoms with Crippen molar-refractivity contribution in [2.75, 3.05) is 0 Å². The van der Waals surface area contributed by atoms with E-state index in [0.29, 0.717) is 37.2 Å². The lowest BCUT2D eigenvalue weighted by molar-refractivity contribution is 0.177. The fourth-order valence-electron chi connectivity index (χ4n) is 4.02. The first-order chi connectivity index (χ1) is 14.5. The molecule has 1 aliphatic carbocycles. The van der Waals surface area contributed by atoms with Gasteiger partial charge in [0.05, 0.1) is 24.4 Å². The Morgan fingerprint density at radius 1 is 1.23 bits per heavy atom. The maximum atomic E-state index is 13.4. The standard InChI is InChI=1S/C20H19FN6O3/c21-13-3-1-2-11(6-13)9-26-10-12(8-22-26)17-23-16-18(24-17)25-20(30)27(19(16)29)14-4-5-15(28)7-14/h1-3,6,8,10,14-15,28H,4-5,7,9H2,(H,23,24)(H,25,30). The van der Waals surface area contributed by atoms with Crippen LogP contribution >= 0.6 is 0 Å². The van der Waals surface area contributed by atoms with E-state index in [4.69, 9.17) is 0 Å². The molecule has 3 N–H and O–H groups in total. The number of aromatic nitrogens is 6. The summed E-state index contributed by atoms with van der Waals surface area (Å²) in [5, 5.41) is 14.0. The zero-order chi connectivity index (χ0) is 20.8. The average Bonchev–Trinajstić information content (AvgIpc) is 3.42. The van der Waals surface area contributed by atoms with E-state index in [-0.39, 0.29) is 23.0 Å². The summed E-state index contributed by atoms with van der Waals surface area (Å²) in [6.07, 6.45) is 4.32. The number of hydrogen-bond donors (Lipinski definition) is 3. The van der Waals surface area contributed by atoms with Gasteiger partial charge >= 0.3 is 5.69 Å². The maximum absolute atomic E-state index is 13.4. The number of halogens is 1. The summed E-state index contributed by atoms with van der Waals surface area (Å²) in [6, 6.07) is 5.93. The number of aliphatic hydroxyl groups is 1. The molecule has 3 heterocycles. The van der Waals surface area contributed by atoms with E-state index < -0.39 is 17.4 Å². The quantitative estimate of drug-likeness (QED) is 0.471. The summed E-state index contributed by atoms with van der Waals surface area (Å²) < 4.78 is 16.2. The van der Waals surface area contributed by atoms with Crippen molar-refractivity contribution in [1.82, 2.24) is 29.3 Å². The number of benzene rings is 1. The maximum Gasteiger partial charge on any atom is 0.330 e. The second-order valence-corrected chi connectivity index (χ2v) is 7.59. The average molecular weight is 410 g/mol. The van der Waals surface area contributed by atoms with Crippen molar-refractivity contribution >= 4 is 11.2 Å². The van der Waals surface area contributed by atoms with Crippen LogP contribution in [0.2, 0.25) is 0 Å². The molecule has 1 saturated carbocycles. The summed E-state index contributed by atoms with van der Waals surface area (Å²) >= 11 is 0. The lowest BCUT2D eigenvalue weighted by atomic mass is 10.2. The van der Waals surface area contributed by atoms with E-state index in [0.717, 1.165) is 10.1 Å². The number of nitrogens with one attached hydrogen (secondary N) is 2. The normalized spacial score (nSPS) is 19.0. The van der Waals surface area contributed by atoms with E-state index in [1.54, 1.807) is 29.2 Å². The first kappa shape index (κ1) is 18.5. The van der Waals surface area contributed by atoms with Crippen LogP contribution in [0.1, 0.15) is 30.9 Å². The van der Waals surface area contributed by atoms with Crippen molar-refractivity contribution in [2.24, 2.45) is 0 Å². The molecule has 1 aliphatic rings. The number of aliphatic hydroxyl groups excluding tert-OH is 1. The number of aromatic amines is 2. The molecule has 30 heavy (non-hydrogen) atoms. The topological polar surface area (TPSA) is 122 Å². The highest BCUT2D eigenvalue weighted by molar-refractivity contribution is 5.74. The van der Waals surface area contributed by atoms with Gasteiger partial charge in [-0.15, -0.1) is 0 Å². The first-order valence-electron chi connectivity index (χ1n) is 9.68. The molecule has 4 aromatic rings. The lowest BCUT2D eigenvalue weighted by Gasteiger charge is -2.11. The van der Waals surface area contributed by atoms with Gasteiger partial charge in [0.25, 0.3) is 5.56 Å². The third-order valence-corrected chi connectivity index (χ3v) is 5.46. The Balaban J connectivity index is 1.49. The molecule has 154 valence electrons. The molecule has 0 bridgehead atoms. The number of nitrogens with zero attached hydrogens (tertiary/aromatic N) is 4.